The Morgan fingerprint density at radius 3 is 2.90 bits per heavy atom. The van der Waals surface area contributed by atoms with Gasteiger partial charge in [0.05, 0.1) is 10.5 Å². The molecule has 106 valence electrons. The summed E-state index contributed by atoms with van der Waals surface area (Å²) in [4.78, 5) is 4.30. The van der Waals surface area contributed by atoms with Crippen molar-refractivity contribution < 1.29 is 4.39 Å². The lowest BCUT2D eigenvalue weighted by molar-refractivity contribution is 0.625. The maximum absolute atomic E-state index is 13.3. The molecule has 21 heavy (non-hydrogen) atoms. The molecule has 0 aliphatic carbocycles. The average molecular weight is 301 g/mol. The number of benzene rings is 2. The molecule has 2 nitrogen and oxygen atoms in total. The molecule has 0 saturated carbocycles. The topological polar surface area (TPSA) is 24.9 Å². The molecule has 1 N–H and O–H groups in total. The second-order valence-corrected chi connectivity index (χ2v) is 5.33. The molecule has 3 aromatic rings. The van der Waals surface area contributed by atoms with Crippen LogP contribution < -0.4 is 5.32 Å². The van der Waals surface area contributed by atoms with Gasteiger partial charge >= 0.3 is 0 Å². The number of halogens is 2. The summed E-state index contributed by atoms with van der Waals surface area (Å²) in [6.45, 7) is 2.52. The summed E-state index contributed by atoms with van der Waals surface area (Å²) in [6, 6.07) is 12.4. The van der Waals surface area contributed by atoms with Gasteiger partial charge in [-0.15, -0.1) is 0 Å². The van der Waals surface area contributed by atoms with Crippen molar-refractivity contribution in [1.29, 1.82) is 0 Å². The van der Waals surface area contributed by atoms with E-state index in [0.717, 1.165) is 27.7 Å². The summed E-state index contributed by atoms with van der Waals surface area (Å²) < 4.78 is 13.3. The highest BCUT2D eigenvalue weighted by Gasteiger charge is 2.06. The molecule has 2 aromatic carbocycles. The molecular weight excluding hydrogens is 287 g/mol. The number of anilines is 1. The van der Waals surface area contributed by atoms with E-state index in [4.69, 9.17) is 11.6 Å². The second kappa shape index (κ2) is 5.70. The monoisotopic (exact) mass is 300 g/mol. The van der Waals surface area contributed by atoms with Crippen LogP contribution in [0.15, 0.2) is 48.7 Å². The molecule has 0 aliphatic rings. The molecule has 0 amide bonds. The average Bonchev–Trinajstić information content (AvgIpc) is 2.50. The van der Waals surface area contributed by atoms with Crippen molar-refractivity contribution in [3.05, 3.63) is 70.6 Å². The fourth-order valence-corrected chi connectivity index (χ4v) is 2.53. The maximum Gasteiger partial charge on any atom is 0.123 e. The van der Waals surface area contributed by atoms with Gasteiger partial charge in [0, 0.05) is 23.8 Å². The molecule has 0 radical (unpaired) electrons. The van der Waals surface area contributed by atoms with Crippen molar-refractivity contribution in [2.45, 2.75) is 13.5 Å². The van der Waals surface area contributed by atoms with Gasteiger partial charge < -0.3 is 5.32 Å². The van der Waals surface area contributed by atoms with Crippen molar-refractivity contribution in [1.82, 2.24) is 4.98 Å². The summed E-state index contributed by atoms with van der Waals surface area (Å²) in [5.41, 5.74) is 3.69. The van der Waals surface area contributed by atoms with Crippen molar-refractivity contribution in [2.75, 3.05) is 5.32 Å². The Hall–Kier alpha value is -2.13. The van der Waals surface area contributed by atoms with Gasteiger partial charge in [0.2, 0.25) is 0 Å². The van der Waals surface area contributed by atoms with Crippen LogP contribution in [0.25, 0.3) is 10.9 Å². The Morgan fingerprint density at radius 1 is 1.19 bits per heavy atom. The van der Waals surface area contributed by atoms with E-state index in [0.29, 0.717) is 11.6 Å². The molecule has 0 atom stereocenters. The number of aromatic nitrogens is 1. The maximum atomic E-state index is 13.3. The number of aryl methyl sites for hydroxylation is 1. The minimum atomic E-state index is -0.222. The molecule has 3 rings (SSSR count). The Labute approximate surface area is 127 Å². The third-order valence-electron chi connectivity index (χ3n) is 3.50. The highest BCUT2D eigenvalue weighted by atomic mass is 35.5. The normalized spacial score (nSPS) is 10.8. The van der Waals surface area contributed by atoms with Gasteiger partial charge in [-0.2, -0.15) is 0 Å². The molecule has 0 fully saturated rings. The molecule has 0 spiro atoms. The van der Waals surface area contributed by atoms with Gasteiger partial charge in [-0.1, -0.05) is 17.7 Å². The zero-order valence-corrected chi connectivity index (χ0v) is 12.3. The number of hydrogen-bond acceptors (Lipinski definition) is 2. The summed E-state index contributed by atoms with van der Waals surface area (Å²) >= 11 is 6.15. The van der Waals surface area contributed by atoms with Gasteiger partial charge in [0.25, 0.3) is 0 Å². The first kappa shape index (κ1) is 13.8. The molecule has 0 saturated heterocycles. The lowest BCUT2D eigenvalue weighted by atomic mass is 10.1. The van der Waals surface area contributed by atoms with E-state index < -0.39 is 0 Å². The van der Waals surface area contributed by atoms with Gasteiger partial charge in [-0.25, -0.2) is 4.39 Å². The highest BCUT2D eigenvalue weighted by molar-refractivity contribution is 6.35. The van der Waals surface area contributed by atoms with Crippen molar-refractivity contribution >= 4 is 28.2 Å². The summed E-state index contributed by atoms with van der Waals surface area (Å²) in [5, 5.41) is 4.91. The van der Waals surface area contributed by atoms with E-state index in [-0.39, 0.29) is 5.82 Å². The standard InChI is InChI=1S/C17H14ClFN2/c1-11-4-5-13(19)9-12(11)10-21-16-7-6-15(18)17-14(16)3-2-8-20-17/h2-9,21H,10H2,1H3. The zero-order chi connectivity index (χ0) is 14.8. The first-order valence-electron chi connectivity index (χ1n) is 6.67. The summed E-state index contributed by atoms with van der Waals surface area (Å²) in [7, 11) is 0. The SMILES string of the molecule is Cc1ccc(F)cc1CNc1ccc(Cl)c2ncccc12. The molecule has 0 aliphatic heterocycles. The third-order valence-corrected chi connectivity index (χ3v) is 3.81. The molecular formula is C17H14ClFN2. The van der Waals surface area contributed by atoms with Crippen LogP contribution in [0.2, 0.25) is 5.02 Å². The van der Waals surface area contributed by atoms with Crippen molar-refractivity contribution in [2.24, 2.45) is 0 Å². The second-order valence-electron chi connectivity index (χ2n) is 4.92. The van der Waals surface area contributed by atoms with E-state index in [1.54, 1.807) is 18.3 Å². The zero-order valence-electron chi connectivity index (χ0n) is 11.5. The lowest BCUT2D eigenvalue weighted by Crippen LogP contribution is -2.02. The van der Waals surface area contributed by atoms with E-state index >= 15 is 0 Å². The van der Waals surface area contributed by atoms with Crippen LogP contribution in [0, 0.1) is 12.7 Å². The number of hydrogen-bond donors (Lipinski definition) is 1. The van der Waals surface area contributed by atoms with E-state index in [1.165, 1.54) is 6.07 Å². The fourth-order valence-electron chi connectivity index (χ4n) is 2.31. The Balaban J connectivity index is 1.92. The predicted molar refractivity (Wildman–Crippen MR) is 85.2 cm³/mol. The minimum Gasteiger partial charge on any atom is -0.380 e. The molecule has 1 heterocycles. The first-order chi connectivity index (χ1) is 10.1. The number of pyridine rings is 1. The van der Waals surface area contributed by atoms with E-state index in [2.05, 4.69) is 10.3 Å². The molecule has 0 unspecified atom stereocenters. The Morgan fingerprint density at radius 2 is 2.05 bits per heavy atom. The largest absolute Gasteiger partial charge is 0.380 e. The van der Waals surface area contributed by atoms with Crippen LogP contribution in [0.1, 0.15) is 11.1 Å². The van der Waals surface area contributed by atoms with Gasteiger partial charge in [0.1, 0.15) is 5.82 Å². The summed E-state index contributed by atoms with van der Waals surface area (Å²) in [6.07, 6.45) is 1.72. The van der Waals surface area contributed by atoms with Gasteiger partial charge in [0.15, 0.2) is 0 Å². The molecule has 0 bridgehead atoms. The molecule has 4 heteroatoms. The third kappa shape index (κ3) is 2.83. The van der Waals surface area contributed by atoms with E-state index in [1.807, 2.05) is 31.2 Å². The van der Waals surface area contributed by atoms with Gasteiger partial charge in [-0.05, 0) is 54.4 Å². The summed E-state index contributed by atoms with van der Waals surface area (Å²) in [5.74, 6) is -0.222. The smallest absolute Gasteiger partial charge is 0.123 e. The fraction of sp³-hybridized carbons (Fsp3) is 0.118. The first-order valence-corrected chi connectivity index (χ1v) is 7.05. The van der Waals surface area contributed by atoms with Crippen molar-refractivity contribution in [3.8, 4) is 0 Å². The van der Waals surface area contributed by atoms with Crippen LogP contribution in [0.4, 0.5) is 10.1 Å². The van der Waals surface area contributed by atoms with Crippen LogP contribution in [-0.2, 0) is 6.54 Å². The van der Waals surface area contributed by atoms with Crippen molar-refractivity contribution in [3.63, 3.8) is 0 Å². The lowest BCUT2D eigenvalue weighted by Gasteiger charge is -2.12. The molecule has 1 aromatic heterocycles. The highest BCUT2D eigenvalue weighted by Crippen LogP contribution is 2.28. The van der Waals surface area contributed by atoms with Crippen LogP contribution in [0.5, 0.6) is 0 Å². The Kier molecular flexibility index (Phi) is 3.76. The number of fused-ring (bicyclic) bond motifs is 1. The number of nitrogens with zero attached hydrogens (tertiary/aromatic N) is 1. The minimum absolute atomic E-state index is 0.222. The van der Waals surface area contributed by atoms with Crippen LogP contribution in [-0.4, -0.2) is 4.98 Å². The van der Waals surface area contributed by atoms with Crippen LogP contribution >= 0.6 is 11.6 Å². The quantitative estimate of drug-likeness (QED) is 0.740. The van der Waals surface area contributed by atoms with Gasteiger partial charge in [-0.3, -0.25) is 4.98 Å². The number of rotatable bonds is 3. The van der Waals surface area contributed by atoms with E-state index in [9.17, 15) is 4.39 Å². The predicted octanol–water partition coefficient (Wildman–Crippen LogP) is 4.95. The Bertz CT molecular complexity index is 802. The number of nitrogens with one attached hydrogen (secondary N) is 1. The van der Waals surface area contributed by atoms with Crippen LogP contribution in [0.3, 0.4) is 0 Å².